The van der Waals surface area contributed by atoms with Crippen molar-refractivity contribution in [1.82, 2.24) is 4.90 Å². The van der Waals surface area contributed by atoms with E-state index < -0.39 is 0 Å². The lowest BCUT2D eigenvalue weighted by molar-refractivity contribution is 0.0827. The van der Waals surface area contributed by atoms with E-state index in [1.165, 1.54) is 0 Å². The van der Waals surface area contributed by atoms with Gasteiger partial charge in [-0.05, 0) is 29.7 Å². The van der Waals surface area contributed by atoms with E-state index in [9.17, 15) is 4.79 Å². The molecule has 0 aliphatic carbocycles. The zero-order chi connectivity index (χ0) is 14.7. The molecule has 108 valence electrons. The Labute approximate surface area is 132 Å². The van der Waals surface area contributed by atoms with Crippen LogP contribution in [0.25, 0.3) is 6.08 Å². The molecule has 3 rings (SSSR count). The smallest absolute Gasteiger partial charge is 0.262 e. The first-order valence-corrected chi connectivity index (χ1v) is 8.49. The third kappa shape index (κ3) is 2.99. The van der Waals surface area contributed by atoms with Crippen molar-refractivity contribution in [2.45, 2.75) is 0 Å². The molecule has 3 nitrogen and oxygen atoms in total. The molecule has 1 fully saturated rings. The third-order valence-corrected chi connectivity index (χ3v) is 5.06. The van der Waals surface area contributed by atoms with Gasteiger partial charge in [0.15, 0.2) is 0 Å². The van der Waals surface area contributed by atoms with Crippen LogP contribution in [0.3, 0.4) is 0 Å². The van der Waals surface area contributed by atoms with E-state index in [1.54, 1.807) is 30.2 Å². The lowest BCUT2D eigenvalue weighted by Gasteiger charge is -2.18. The predicted octanol–water partition coefficient (Wildman–Crippen LogP) is 3.94. The number of ether oxygens (including phenoxy) is 1. The third-order valence-electron chi connectivity index (χ3n) is 3.22. The largest absolute Gasteiger partial charge is 0.496 e. The van der Waals surface area contributed by atoms with E-state index in [4.69, 9.17) is 4.74 Å². The van der Waals surface area contributed by atoms with Crippen LogP contribution in [-0.2, 0) is 0 Å². The predicted molar refractivity (Wildman–Crippen MR) is 88.8 cm³/mol. The van der Waals surface area contributed by atoms with Gasteiger partial charge in [0.1, 0.15) is 5.75 Å². The number of amides is 1. The first-order valence-electron chi connectivity index (χ1n) is 6.62. The standard InChI is InChI=1S/C16H15NO2S2/c1-19-14-7-3-2-6-13(14)16(18)17-8-10-21-15(17)11-12-5-4-9-20-12/h2-7,9,11H,8,10H2,1H3/b15-11+. The van der Waals surface area contributed by atoms with E-state index in [1.807, 2.05) is 40.6 Å². The fourth-order valence-electron chi connectivity index (χ4n) is 2.21. The zero-order valence-corrected chi connectivity index (χ0v) is 13.2. The molecule has 0 unspecified atom stereocenters. The number of benzene rings is 1. The Bertz CT molecular complexity index is 665. The van der Waals surface area contributed by atoms with Crippen LogP contribution in [0.2, 0.25) is 0 Å². The summed E-state index contributed by atoms with van der Waals surface area (Å²) in [5, 5.41) is 3.05. The number of carbonyl (C=O) groups excluding carboxylic acids is 1. The summed E-state index contributed by atoms with van der Waals surface area (Å²) in [6, 6.07) is 11.4. The van der Waals surface area contributed by atoms with Gasteiger partial charge in [0.25, 0.3) is 5.91 Å². The monoisotopic (exact) mass is 317 g/mol. The molecule has 1 aromatic carbocycles. The highest BCUT2D eigenvalue weighted by Crippen LogP contribution is 2.33. The Morgan fingerprint density at radius 1 is 1.29 bits per heavy atom. The fraction of sp³-hybridized carbons (Fsp3) is 0.188. The van der Waals surface area contributed by atoms with Crippen molar-refractivity contribution in [3.05, 3.63) is 57.2 Å². The molecule has 0 saturated carbocycles. The molecule has 2 heterocycles. The second-order valence-corrected chi connectivity index (χ2v) is 6.60. The van der Waals surface area contributed by atoms with E-state index in [0.717, 1.165) is 22.2 Å². The van der Waals surface area contributed by atoms with Gasteiger partial charge in [0.05, 0.1) is 17.7 Å². The first kappa shape index (κ1) is 14.2. The van der Waals surface area contributed by atoms with Crippen LogP contribution in [0.4, 0.5) is 0 Å². The van der Waals surface area contributed by atoms with Crippen LogP contribution in [0.15, 0.2) is 46.8 Å². The van der Waals surface area contributed by atoms with Gasteiger partial charge in [-0.2, -0.15) is 0 Å². The second-order valence-electron chi connectivity index (χ2n) is 4.50. The summed E-state index contributed by atoms with van der Waals surface area (Å²) in [6.45, 7) is 0.735. The van der Waals surface area contributed by atoms with E-state index in [2.05, 4.69) is 12.1 Å². The minimum absolute atomic E-state index is 0.000237. The summed E-state index contributed by atoms with van der Waals surface area (Å²) in [6.07, 6.45) is 2.08. The van der Waals surface area contributed by atoms with Gasteiger partial charge in [0.2, 0.25) is 0 Å². The minimum Gasteiger partial charge on any atom is -0.496 e. The second kappa shape index (κ2) is 6.37. The average molecular weight is 317 g/mol. The molecule has 1 saturated heterocycles. The molecule has 21 heavy (non-hydrogen) atoms. The number of methoxy groups -OCH3 is 1. The number of thioether (sulfide) groups is 1. The zero-order valence-electron chi connectivity index (χ0n) is 11.6. The molecular weight excluding hydrogens is 302 g/mol. The molecule has 1 aliphatic heterocycles. The highest BCUT2D eigenvalue weighted by Gasteiger charge is 2.27. The highest BCUT2D eigenvalue weighted by atomic mass is 32.2. The summed E-state index contributed by atoms with van der Waals surface area (Å²) in [7, 11) is 1.59. The minimum atomic E-state index is 0.000237. The van der Waals surface area contributed by atoms with Crippen LogP contribution < -0.4 is 4.74 Å². The van der Waals surface area contributed by atoms with Crippen molar-refractivity contribution in [2.24, 2.45) is 0 Å². The van der Waals surface area contributed by atoms with E-state index in [-0.39, 0.29) is 5.91 Å². The fourth-order valence-corrected chi connectivity index (χ4v) is 3.96. The normalized spacial score (nSPS) is 16.4. The molecule has 5 heteroatoms. The SMILES string of the molecule is COc1ccccc1C(=O)N1CCS/C1=C/c1cccs1. The summed E-state index contributed by atoms with van der Waals surface area (Å²) in [5.41, 5.74) is 0.611. The number of hydrogen-bond acceptors (Lipinski definition) is 4. The molecule has 0 spiro atoms. The Kier molecular flexibility index (Phi) is 4.31. The molecule has 1 aromatic heterocycles. The Hall–Kier alpha value is -1.72. The van der Waals surface area contributed by atoms with Crippen molar-refractivity contribution in [3.8, 4) is 5.75 Å². The van der Waals surface area contributed by atoms with Crippen molar-refractivity contribution in [2.75, 3.05) is 19.4 Å². The van der Waals surface area contributed by atoms with Crippen LogP contribution >= 0.6 is 23.1 Å². The topological polar surface area (TPSA) is 29.5 Å². The van der Waals surface area contributed by atoms with Gasteiger partial charge in [0, 0.05) is 17.2 Å². The maximum Gasteiger partial charge on any atom is 0.262 e. The Balaban J connectivity index is 1.90. The van der Waals surface area contributed by atoms with Gasteiger partial charge < -0.3 is 9.64 Å². The molecule has 1 aliphatic rings. The summed E-state index contributed by atoms with van der Waals surface area (Å²) >= 11 is 3.39. The molecular formula is C16H15NO2S2. The number of para-hydroxylation sites is 1. The number of carbonyl (C=O) groups is 1. The molecule has 0 radical (unpaired) electrons. The summed E-state index contributed by atoms with van der Waals surface area (Å²) in [4.78, 5) is 15.8. The summed E-state index contributed by atoms with van der Waals surface area (Å²) in [5.74, 6) is 1.55. The van der Waals surface area contributed by atoms with E-state index in [0.29, 0.717) is 11.3 Å². The van der Waals surface area contributed by atoms with Crippen molar-refractivity contribution < 1.29 is 9.53 Å². The molecule has 0 N–H and O–H groups in total. The lowest BCUT2D eigenvalue weighted by atomic mass is 10.1. The van der Waals surface area contributed by atoms with Gasteiger partial charge in [-0.3, -0.25) is 4.79 Å². The quantitative estimate of drug-likeness (QED) is 0.858. The number of nitrogens with zero attached hydrogens (tertiary/aromatic N) is 1. The number of hydrogen-bond donors (Lipinski definition) is 0. The maximum absolute atomic E-state index is 12.8. The number of thiophene rings is 1. The highest BCUT2D eigenvalue weighted by molar-refractivity contribution is 8.03. The van der Waals surface area contributed by atoms with Crippen molar-refractivity contribution >= 4 is 35.1 Å². The molecule has 1 amide bonds. The Morgan fingerprint density at radius 3 is 2.90 bits per heavy atom. The summed E-state index contributed by atoms with van der Waals surface area (Å²) < 4.78 is 5.30. The number of rotatable bonds is 3. The van der Waals surface area contributed by atoms with Crippen LogP contribution in [0.1, 0.15) is 15.2 Å². The molecule has 0 bridgehead atoms. The maximum atomic E-state index is 12.8. The van der Waals surface area contributed by atoms with E-state index >= 15 is 0 Å². The Morgan fingerprint density at radius 2 is 2.14 bits per heavy atom. The van der Waals surface area contributed by atoms with Crippen molar-refractivity contribution in [3.63, 3.8) is 0 Å². The molecule has 2 aromatic rings. The molecule has 0 atom stereocenters. The van der Waals surface area contributed by atoms with Crippen molar-refractivity contribution in [1.29, 1.82) is 0 Å². The van der Waals surface area contributed by atoms with Crippen LogP contribution in [0, 0.1) is 0 Å². The average Bonchev–Trinajstić information content (AvgIpc) is 3.19. The van der Waals surface area contributed by atoms with Crippen LogP contribution in [-0.4, -0.2) is 30.2 Å². The van der Waals surface area contributed by atoms with Gasteiger partial charge in [-0.1, -0.05) is 18.2 Å². The first-order chi connectivity index (χ1) is 10.3. The lowest BCUT2D eigenvalue weighted by Crippen LogP contribution is -2.27. The van der Waals surface area contributed by atoms with Gasteiger partial charge in [-0.15, -0.1) is 23.1 Å². The van der Waals surface area contributed by atoms with Crippen LogP contribution in [0.5, 0.6) is 5.75 Å². The van der Waals surface area contributed by atoms with Gasteiger partial charge >= 0.3 is 0 Å². The van der Waals surface area contributed by atoms with Gasteiger partial charge in [-0.25, -0.2) is 0 Å².